The van der Waals surface area contributed by atoms with Crippen LogP contribution in [0, 0.1) is 13.8 Å². The van der Waals surface area contributed by atoms with Gasteiger partial charge in [0.1, 0.15) is 0 Å². The predicted molar refractivity (Wildman–Crippen MR) is 73.7 cm³/mol. The average molecular weight is 238 g/mol. The molecule has 0 aliphatic heterocycles. The third-order valence-corrected chi connectivity index (χ3v) is 3.86. The van der Waals surface area contributed by atoms with Crippen molar-refractivity contribution < 1.29 is 0 Å². The number of nitrogens with two attached hydrogens (primary N) is 1. The summed E-state index contributed by atoms with van der Waals surface area (Å²) in [6.07, 6.45) is 1.00. The Morgan fingerprint density at radius 2 is 2.06 bits per heavy atom. The van der Waals surface area contributed by atoms with Gasteiger partial charge in [0.25, 0.3) is 0 Å². The van der Waals surface area contributed by atoms with Crippen molar-refractivity contribution in [1.82, 2.24) is 5.43 Å². The van der Waals surface area contributed by atoms with Crippen molar-refractivity contribution in [1.29, 1.82) is 0 Å². The van der Waals surface area contributed by atoms with Crippen LogP contribution in [0.1, 0.15) is 23.6 Å². The highest BCUT2D eigenvalue weighted by atomic mass is 32.2. The van der Waals surface area contributed by atoms with Gasteiger partial charge in [0.05, 0.1) is 0 Å². The molecular weight excluding hydrogens is 216 g/mol. The van der Waals surface area contributed by atoms with Crippen LogP contribution >= 0.6 is 11.8 Å². The standard InChI is InChI=1S/C13H22N2S/c1-4-16-9-13(15-14)8-12-6-5-10(2)11(3)7-12/h5-7,13,15H,4,8-9,14H2,1-3H3. The summed E-state index contributed by atoms with van der Waals surface area (Å²) in [6, 6.07) is 7.01. The highest BCUT2D eigenvalue weighted by Gasteiger charge is 2.07. The van der Waals surface area contributed by atoms with Crippen LogP contribution in [0.5, 0.6) is 0 Å². The van der Waals surface area contributed by atoms with Crippen molar-refractivity contribution in [3.63, 3.8) is 0 Å². The fourth-order valence-corrected chi connectivity index (χ4v) is 2.38. The average Bonchev–Trinajstić information content (AvgIpc) is 2.29. The van der Waals surface area contributed by atoms with E-state index in [0.29, 0.717) is 6.04 Å². The summed E-state index contributed by atoms with van der Waals surface area (Å²) >= 11 is 1.92. The maximum Gasteiger partial charge on any atom is 0.0341 e. The van der Waals surface area contributed by atoms with E-state index >= 15 is 0 Å². The Labute approximate surface area is 103 Å². The van der Waals surface area contributed by atoms with E-state index in [1.165, 1.54) is 16.7 Å². The molecule has 0 saturated carbocycles. The molecule has 1 rings (SSSR count). The second kappa shape index (κ2) is 6.94. The molecule has 0 amide bonds. The monoisotopic (exact) mass is 238 g/mol. The van der Waals surface area contributed by atoms with E-state index in [0.717, 1.165) is 17.9 Å². The fourth-order valence-electron chi connectivity index (χ4n) is 1.64. The zero-order chi connectivity index (χ0) is 12.0. The lowest BCUT2D eigenvalue weighted by molar-refractivity contribution is 0.575. The topological polar surface area (TPSA) is 38.0 Å². The second-order valence-electron chi connectivity index (χ2n) is 4.15. The number of hydrogen-bond acceptors (Lipinski definition) is 3. The van der Waals surface area contributed by atoms with Gasteiger partial charge in [-0.3, -0.25) is 11.3 Å². The third kappa shape index (κ3) is 4.16. The number of thioether (sulfide) groups is 1. The maximum absolute atomic E-state index is 5.57. The van der Waals surface area contributed by atoms with E-state index in [9.17, 15) is 0 Å². The van der Waals surface area contributed by atoms with Crippen LogP contribution in [0.4, 0.5) is 0 Å². The Balaban J connectivity index is 2.59. The lowest BCUT2D eigenvalue weighted by atomic mass is 10.0. The van der Waals surface area contributed by atoms with Crippen molar-refractivity contribution >= 4 is 11.8 Å². The summed E-state index contributed by atoms with van der Waals surface area (Å²) in [5.41, 5.74) is 6.97. The molecule has 1 aromatic carbocycles. The maximum atomic E-state index is 5.57. The van der Waals surface area contributed by atoms with Crippen LogP contribution in [0.25, 0.3) is 0 Å². The van der Waals surface area contributed by atoms with Crippen LogP contribution in [0.3, 0.4) is 0 Å². The Morgan fingerprint density at radius 3 is 2.62 bits per heavy atom. The molecule has 0 heterocycles. The predicted octanol–water partition coefficient (Wildman–Crippen LogP) is 2.43. The number of rotatable bonds is 6. The molecule has 0 aliphatic rings. The Hall–Kier alpha value is -0.510. The van der Waals surface area contributed by atoms with Gasteiger partial charge in [-0.2, -0.15) is 11.8 Å². The highest BCUT2D eigenvalue weighted by Crippen LogP contribution is 2.13. The van der Waals surface area contributed by atoms with E-state index in [2.05, 4.69) is 44.4 Å². The van der Waals surface area contributed by atoms with Crippen molar-refractivity contribution in [2.24, 2.45) is 5.84 Å². The minimum absolute atomic E-state index is 0.368. The number of hydrazine groups is 1. The molecule has 1 unspecified atom stereocenters. The minimum atomic E-state index is 0.368. The third-order valence-electron chi connectivity index (χ3n) is 2.81. The van der Waals surface area contributed by atoms with Crippen LogP contribution in [-0.2, 0) is 6.42 Å². The van der Waals surface area contributed by atoms with Crippen LogP contribution in [0.15, 0.2) is 18.2 Å². The first-order valence-electron chi connectivity index (χ1n) is 5.77. The van der Waals surface area contributed by atoms with Gasteiger partial charge in [0, 0.05) is 11.8 Å². The first-order valence-corrected chi connectivity index (χ1v) is 6.92. The first-order chi connectivity index (χ1) is 7.67. The van der Waals surface area contributed by atoms with Gasteiger partial charge in [-0.1, -0.05) is 25.1 Å². The van der Waals surface area contributed by atoms with Gasteiger partial charge in [-0.25, -0.2) is 0 Å². The molecule has 0 radical (unpaired) electrons. The molecule has 0 fully saturated rings. The van der Waals surface area contributed by atoms with Gasteiger partial charge < -0.3 is 0 Å². The van der Waals surface area contributed by atoms with Gasteiger partial charge >= 0.3 is 0 Å². The summed E-state index contributed by atoms with van der Waals surface area (Å²) in [4.78, 5) is 0. The molecule has 0 saturated heterocycles. The zero-order valence-electron chi connectivity index (χ0n) is 10.4. The normalized spacial score (nSPS) is 12.8. The van der Waals surface area contributed by atoms with Gasteiger partial charge in [-0.05, 0) is 42.7 Å². The molecule has 0 aliphatic carbocycles. The van der Waals surface area contributed by atoms with Crippen LogP contribution < -0.4 is 11.3 Å². The molecule has 16 heavy (non-hydrogen) atoms. The van der Waals surface area contributed by atoms with E-state index < -0.39 is 0 Å². The Kier molecular flexibility index (Phi) is 5.88. The van der Waals surface area contributed by atoms with Gasteiger partial charge in [0.2, 0.25) is 0 Å². The lowest BCUT2D eigenvalue weighted by Gasteiger charge is -2.15. The molecule has 2 nitrogen and oxygen atoms in total. The fraction of sp³-hybridized carbons (Fsp3) is 0.538. The zero-order valence-corrected chi connectivity index (χ0v) is 11.2. The summed E-state index contributed by atoms with van der Waals surface area (Å²) in [5.74, 6) is 7.78. The SMILES string of the molecule is CCSCC(Cc1ccc(C)c(C)c1)NN. The van der Waals surface area contributed by atoms with E-state index in [-0.39, 0.29) is 0 Å². The molecule has 0 aromatic heterocycles. The number of hydrogen-bond donors (Lipinski definition) is 2. The number of aryl methyl sites for hydroxylation is 2. The summed E-state index contributed by atoms with van der Waals surface area (Å²) in [7, 11) is 0. The summed E-state index contributed by atoms with van der Waals surface area (Å²) in [6.45, 7) is 6.48. The van der Waals surface area contributed by atoms with E-state index in [1.807, 2.05) is 11.8 Å². The second-order valence-corrected chi connectivity index (χ2v) is 5.46. The first kappa shape index (κ1) is 13.6. The van der Waals surface area contributed by atoms with Gasteiger partial charge in [0.15, 0.2) is 0 Å². The molecule has 0 spiro atoms. The minimum Gasteiger partial charge on any atom is -0.271 e. The van der Waals surface area contributed by atoms with Crippen LogP contribution in [-0.4, -0.2) is 17.5 Å². The molecule has 90 valence electrons. The van der Waals surface area contributed by atoms with Crippen molar-refractivity contribution in [2.45, 2.75) is 33.2 Å². The summed E-state index contributed by atoms with van der Waals surface area (Å²) in [5, 5.41) is 0. The van der Waals surface area contributed by atoms with E-state index in [1.54, 1.807) is 0 Å². The molecule has 1 atom stereocenters. The van der Waals surface area contributed by atoms with Crippen molar-refractivity contribution in [2.75, 3.05) is 11.5 Å². The molecule has 1 aromatic rings. The van der Waals surface area contributed by atoms with Gasteiger partial charge in [-0.15, -0.1) is 0 Å². The van der Waals surface area contributed by atoms with Crippen LogP contribution in [0.2, 0.25) is 0 Å². The Bertz CT molecular complexity index is 326. The lowest BCUT2D eigenvalue weighted by Crippen LogP contribution is -2.38. The van der Waals surface area contributed by atoms with Crippen molar-refractivity contribution in [3.8, 4) is 0 Å². The smallest absolute Gasteiger partial charge is 0.0341 e. The Morgan fingerprint density at radius 1 is 1.31 bits per heavy atom. The number of benzene rings is 1. The molecule has 0 bridgehead atoms. The quantitative estimate of drug-likeness (QED) is 0.590. The largest absolute Gasteiger partial charge is 0.271 e. The van der Waals surface area contributed by atoms with E-state index in [4.69, 9.17) is 5.84 Å². The molecule has 3 heteroatoms. The summed E-state index contributed by atoms with van der Waals surface area (Å²) < 4.78 is 0. The number of nitrogens with one attached hydrogen (secondary N) is 1. The molecular formula is C13H22N2S. The molecule has 3 N–H and O–H groups in total. The van der Waals surface area contributed by atoms with Crippen molar-refractivity contribution in [3.05, 3.63) is 34.9 Å². The highest BCUT2D eigenvalue weighted by molar-refractivity contribution is 7.99.